The maximum absolute atomic E-state index is 13.5. The zero-order valence-electron chi connectivity index (χ0n) is 13.0. The minimum atomic E-state index is -0.268. The van der Waals surface area contributed by atoms with Crippen LogP contribution in [0, 0.1) is 11.7 Å². The number of nitrogens with two attached hydrogens (primary N) is 1. The van der Waals surface area contributed by atoms with Crippen molar-refractivity contribution in [2.24, 2.45) is 11.7 Å². The Balaban J connectivity index is 0.00000242. The Morgan fingerprint density at radius 3 is 2.86 bits per heavy atom. The van der Waals surface area contributed by atoms with Crippen molar-refractivity contribution in [3.05, 3.63) is 35.6 Å². The molecule has 0 bridgehead atoms. The van der Waals surface area contributed by atoms with Gasteiger partial charge in [0, 0.05) is 20.2 Å². The van der Waals surface area contributed by atoms with E-state index in [2.05, 4.69) is 6.92 Å². The third-order valence-electron chi connectivity index (χ3n) is 4.21. The van der Waals surface area contributed by atoms with Gasteiger partial charge in [0.1, 0.15) is 5.82 Å². The van der Waals surface area contributed by atoms with Crippen LogP contribution in [0.2, 0.25) is 0 Å². The predicted octanol–water partition coefficient (Wildman–Crippen LogP) is 2.52. The number of carbonyl (C=O) groups is 1. The molecule has 2 N–H and O–H groups in total. The van der Waals surface area contributed by atoms with E-state index in [1.54, 1.807) is 13.2 Å². The molecule has 1 aliphatic rings. The number of methoxy groups -OCH3 is 1. The number of carbonyl (C=O) groups excluding carboxylic acids is 1. The Kier molecular flexibility index (Phi) is 7.26. The van der Waals surface area contributed by atoms with Gasteiger partial charge in [-0.1, -0.05) is 19.1 Å². The quantitative estimate of drug-likeness (QED) is 0.902. The molecular weight excluding hydrogens is 307 g/mol. The molecule has 1 aliphatic heterocycles. The van der Waals surface area contributed by atoms with E-state index in [0.29, 0.717) is 19.0 Å². The zero-order chi connectivity index (χ0) is 15.4. The average Bonchev–Trinajstić information content (AvgIpc) is 2.86. The minimum absolute atomic E-state index is 0. The Labute approximate surface area is 137 Å². The van der Waals surface area contributed by atoms with E-state index in [9.17, 15) is 9.18 Å². The lowest BCUT2D eigenvalue weighted by molar-refractivity contribution is -0.134. The standard InChI is InChI=1S/C16H23FN2O2.ClH/c1-11-6-7-19(15(20)9-14(10-18)21-2)16(11)12-4-3-5-13(17)8-12;/h3-5,8,11,14,16H,6-7,9-10,18H2,1-2H3;1H. The van der Waals surface area contributed by atoms with Gasteiger partial charge in [0.25, 0.3) is 0 Å². The summed E-state index contributed by atoms with van der Waals surface area (Å²) in [6.07, 6.45) is 0.931. The van der Waals surface area contributed by atoms with Crippen LogP contribution in [-0.4, -0.2) is 37.1 Å². The van der Waals surface area contributed by atoms with Gasteiger partial charge in [0.05, 0.1) is 18.6 Å². The summed E-state index contributed by atoms with van der Waals surface area (Å²) in [6, 6.07) is 6.44. The first kappa shape index (κ1) is 18.9. The monoisotopic (exact) mass is 330 g/mol. The van der Waals surface area contributed by atoms with E-state index in [1.807, 2.05) is 11.0 Å². The van der Waals surface area contributed by atoms with Crippen LogP contribution < -0.4 is 5.73 Å². The van der Waals surface area contributed by atoms with E-state index in [0.717, 1.165) is 12.0 Å². The molecule has 0 aromatic heterocycles. The van der Waals surface area contributed by atoms with Crippen molar-refractivity contribution in [3.63, 3.8) is 0 Å². The lowest BCUT2D eigenvalue weighted by Crippen LogP contribution is -2.36. The second-order valence-corrected chi connectivity index (χ2v) is 5.65. The van der Waals surface area contributed by atoms with Crippen LogP contribution in [-0.2, 0) is 9.53 Å². The van der Waals surface area contributed by atoms with Crippen LogP contribution in [0.5, 0.6) is 0 Å². The first-order chi connectivity index (χ1) is 10.1. The molecule has 0 saturated carbocycles. The van der Waals surface area contributed by atoms with E-state index >= 15 is 0 Å². The summed E-state index contributed by atoms with van der Waals surface area (Å²) in [6.45, 7) is 3.11. The third-order valence-corrected chi connectivity index (χ3v) is 4.21. The highest BCUT2D eigenvalue weighted by molar-refractivity contribution is 5.85. The summed E-state index contributed by atoms with van der Waals surface area (Å²) < 4.78 is 18.6. The molecule has 0 radical (unpaired) electrons. The van der Waals surface area contributed by atoms with Crippen LogP contribution in [0.15, 0.2) is 24.3 Å². The van der Waals surface area contributed by atoms with Crippen molar-refractivity contribution in [1.82, 2.24) is 4.90 Å². The summed E-state index contributed by atoms with van der Waals surface area (Å²) in [5, 5.41) is 0. The smallest absolute Gasteiger partial charge is 0.225 e. The van der Waals surface area contributed by atoms with Crippen LogP contribution in [0.4, 0.5) is 4.39 Å². The van der Waals surface area contributed by atoms with Gasteiger partial charge in [-0.3, -0.25) is 4.79 Å². The molecule has 22 heavy (non-hydrogen) atoms. The number of rotatable bonds is 5. The van der Waals surface area contributed by atoms with Crippen molar-refractivity contribution in [2.45, 2.75) is 31.9 Å². The molecule has 1 fully saturated rings. The summed E-state index contributed by atoms with van der Waals surface area (Å²) in [4.78, 5) is 14.3. The third kappa shape index (κ3) is 4.18. The molecule has 1 aromatic rings. The summed E-state index contributed by atoms with van der Waals surface area (Å²) in [7, 11) is 1.56. The van der Waals surface area contributed by atoms with Crippen molar-refractivity contribution < 1.29 is 13.9 Å². The van der Waals surface area contributed by atoms with Gasteiger partial charge in [-0.05, 0) is 30.0 Å². The van der Waals surface area contributed by atoms with Gasteiger partial charge in [0.15, 0.2) is 0 Å². The Morgan fingerprint density at radius 2 is 2.27 bits per heavy atom. The second kappa shape index (κ2) is 8.46. The van der Waals surface area contributed by atoms with Gasteiger partial charge in [0.2, 0.25) is 5.91 Å². The highest BCUT2D eigenvalue weighted by Gasteiger charge is 2.36. The Bertz CT molecular complexity index is 497. The summed E-state index contributed by atoms with van der Waals surface area (Å²) in [5.74, 6) is 0.0660. The summed E-state index contributed by atoms with van der Waals surface area (Å²) >= 11 is 0. The average molecular weight is 331 g/mol. The molecule has 1 saturated heterocycles. The molecule has 4 nitrogen and oxygen atoms in total. The highest BCUT2D eigenvalue weighted by atomic mass is 35.5. The molecular formula is C16H24ClFN2O2. The van der Waals surface area contributed by atoms with Crippen molar-refractivity contribution in [1.29, 1.82) is 0 Å². The molecule has 6 heteroatoms. The number of benzene rings is 1. The second-order valence-electron chi connectivity index (χ2n) is 5.65. The van der Waals surface area contributed by atoms with Gasteiger partial charge in [-0.2, -0.15) is 0 Å². The number of ether oxygens (including phenoxy) is 1. The van der Waals surface area contributed by atoms with Crippen LogP contribution in [0.1, 0.15) is 31.4 Å². The number of halogens is 2. The van der Waals surface area contributed by atoms with Gasteiger partial charge >= 0.3 is 0 Å². The molecule has 0 spiro atoms. The normalized spacial score (nSPS) is 22.3. The molecule has 0 aliphatic carbocycles. The molecule has 1 heterocycles. The first-order valence-corrected chi connectivity index (χ1v) is 7.34. The molecule has 3 atom stereocenters. The number of hydrogen-bond donors (Lipinski definition) is 1. The molecule has 124 valence electrons. The fourth-order valence-electron chi connectivity index (χ4n) is 3.00. The SMILES string of the molecule is COC(CN)CC(=O)N1CCC(C)C1c1cccc(F)c1.Cl. The van der Waals surface area contributed by atoms with Crippen LogP contribution in [0.3, 0.4) is 0 Å². The molecule has 2 rings (SSSR count). The van der Waals surface area contributed by atoms with Crippen molar-refractivity contribution in [3.8, 4) is 0 Å². The lowest BCUT2D eigenvalue weighted by Gasteiger charge is -2.28. The molecule has 1 amide bonds. The summed E-state index contributed by atoms with van der Waals surface area (Å²) in [5.41, 5.74) is 6.43. The topological polar surface area (TPSA) is 55.6 Å². The number of nitrogens with zero attached hydrogens (tertiary/aromatic N) is 1. The number of amides is 1. The van der Waals surface area contributed by atoms with Crippen molar-refractivity contribution >= 4 is 18.3 Å². The zero-order valence-corrected chi connectivity index (χ0v) is 13.8. The van der Waals surface area contributed by atoms with E-state index in [-0.39, 0.29) is 42.7 Å². The van der Waals surface area contributed by atoms with Gasteiger partial charge in [-0.25, -0.2) is 4.39 Å². The maximum Gasteiger partial charge on any atom is 0.225 e. The number of likely N-dealkylation sites (tertiary alicyclic amines) is 1. The van der Waals surface area contributed by atoms with E-state index in [4.69, 9.17) is 10.5 Å². The molecule has 3 unspecified atom stereocenters. The highest BCUT2D eigenvalue weighted by Crippen LogP contribution is 2.37. The predicted molar refractivity (Wildman–Crippen MR) is 86.4 cm³/mol. The fraction of sp³-hybridized carbons (Fsp3) is 0.562. The molecule has 1 aromatic carbocycles. The Morgan fingerprint density at radius 1 is 1.55 bits per heavy atom. The van der Waals surface area contributed by atoms with Gasteiger partial charge in [-0.15, -0.1) is 12.4 Å². The minimum Gasteiger partial charge on any atom is -0.380 e. The van der Waals surface area contributed by atoms with Crippen molar-refractivity contribution in [2.75, 3.05) is 20.2 Å². The lowest BCUT2D eigenvalue weighted by atomic mass is 9.95. The maximum atomic E-state index is 13.5. The van der Waals surface area contributed by atoms with E-state index < -0.39 is 0 Å². The van der Waals surface area contributed by atoms with E-state index in [1.165, 1.54) is 12.1 Å². The van der Waals surface area contributed by atoms with Gasteiger partial charge < -0.3 is 15.4 Å². The van der Waals surface area contributed by atoms with Crippen LogP contribution in [0.25, 0.3) is 0 Å². The van der Waals surface area contributed by atoms with Crippen LogP contribution >= 0.6 is 12.4 Å². The fourth-order valence-corrected chi connectivity index (χ4v) is 3.00. The first-order valence-electron chi connectivity index (χ1n) is 7.34. The Hall–Kier alpha value is -1.17. The number of hydrogen-bond acceptors (Lipinski definition) is 3. The largest absolute Gasteiger partial charge is 0.380 e.